The molecule has 176 valence electrons. The summed E-state index contributed by atoms with van der Waals surface area (Å²) >= 11 is 6.60. The molecule has 1 aliphatic rings. The molecule has 4 rings (SSSR count). The summed E-state index contributed by atoms with van der Waals surface area (Å²) in [6, 6.07) is 12.7. The molecule has 0 bridgehead atoms. The molecule has 3 aromatic rings. The fraction of sp³-hybridized carbons (Fsp3) is 0.423. The maximum absolute atomic E-state index is 13.4. The molecule has 0 amide bonds. The smallest absolute Gasteiger partial charge is 0.391 e. The number of ether oxygens (including phenoxy) is 1. The Morgan fingerprint density at radius 1 is 1.12 bits per heavy atom. The number of furan rings is 1. The van der Waals surface area contributed by atoms with Gasteiger partial charge in [0.1, 0.15) is 5.76 Å². The van der Waals surface area contributed by atoms with Crippen molar-refractivity contribution < 1.29 is 27.1 Å². The Balaban J connectivity index is 1.80. The van der Waals surface area contributed by atoms with E-state index in [1.54, 1.807) is 12.1 Å². The molecule has 1 aliphatic carbocycles. The first-order chi connectivity index (χ1) is 15.7. The predicted octanol–water partition coefficient (Wildman–Crippen LogP) is 7.86. The second-order valence-electron chi connectivity index (χ2n) is 8.81. The van der Waals surface area contributed by atoms with Crippen LogP contribution in [0, 0.1) is 5.92 Å². The van der Waals surface area contributed by atoms with E-state index in [2.05, 4.69) is 6.92 Å². The lowest BCUT2D eigenvalue weighted by molar-refractivity contribution is -0.184. The molecular formula is C26H26ClF3O3. The predicted molar refractivity (Wildman–Crippen MR) is 122 cm³/mol. The van der Waals surface area contributed by atoms with Crippen LogP contribution in [0.1, 0.15) is 66.3 Å². The van der Waals surface area contributed by atoms with Gasteiger partial charge in [0.25, 0.3) is 0 Å². The summed E-state index contributed by atoms with van der Waals surface area (Å²) in [6.07, 6.45) is -1.77. The third-order valence-corrected chi connectivity index (χ3v) is 7.11. The minimum Gasteiger partial charge on any atom is -0.465 e. The number of benzene rings is 2. The second-order valence-corrected chi connectivity index (χ2v) is 9.21. The molecule has 0 spiro atoms. The first-order valence-electron chi connectivity index (χ1n) is 11.2. The fourth-order valence-electron chi connectivity index (χ4n) is 5.03. The van der Waals surface area contributed by atoms with Crippen molar-refractivity contribution in [3.63, 3.8) is 0 Å². The van der Waals surface area contributed by atoms with Gasteiger partial charge in [-0.1, -0.05) is 30.7 Å². The minimum absolute atomic E-state index is 0.0321. The molecule has 1 heterocycles. The molecule has 1 saturated carbocycles. The van der Waals surface area contributed by atoms with Gasteiger partial charge in [-0.15, -0.1) is 0 Å². The normalized spacial score (nSPS) is 21.3. The zero-order valence-electron chi connectivity index (χ0n) is 18.6. The Hall–Kier alpha value is -2.47. The van der Waals surface area contributed by atoms with Gasteiger partial charge in [0.05, 0.1) is 23.6 Å². The number of halogens is 4. The quantitative estimate of drug-likeness (QED) is 0.350. The zero-order valence-corrected chi connectivity index (χ0v) is 19.4. The third-order valence-electron chi connectivity index (χ3n) is 6.83. The largest absolute Gasteiger partial charge is 0.465 e. The van der Waals surface area contributed by atoms with Gasteiger partial charge in [0.15, 0.2) is 5.58 Å². The molecule has 0 N–H and O–H groups in total. The Bertz CT molecular complexity index is 1140. The monoisotopic (exact) mass is 478 g/mol. The number of carbonyl (C=O) groups excluding carboxylic acids is 1. The van der Waals surface area contributed by atoms with Gasteiger partial charge in [-0.2, -0.15) is 13.2 Å². The van der Waals surface area contributed by atoms with E-state index in [4.69, 9.17) is 20.8 Å². The van der Waals surface area contributed by atoms with E-state index in [-0.39, 0.29) is 12.8 Å². The Labute approximate surface area is 195 Å². The lowest BCUT2D eigenvalue weighted by Crippen LogP contribution is -2.37. The Kier molecular flexibility index (Phi) is 6.50. The lowest BCUT2D eigenvalue weighted by atomic mass is 9.63. The van der Waals surface area contributed by atoms with Crippen LogP contribution in [0.5, 0.6) is 0 Å². The highest BCUT2D eigenvalue weighted by atomic mass is 35.5. The highest BCUT2D eigenvalue weighted by Gasteiger charge is 2.47. The van der Waals surface area contributed by atoms with Crippen LogP contribution in [0.4, 0.5) is 13.2 Å². The molecule has 0 atom stereocenters. The molecule has 0 unspecified atom stereocenters. The number of alkyl halides is 3. The highest BCUT2D eigenvalue weighted by Crippen LogP contribution is 2.51. The minimum atomic E-state index is -4.21. The van der Waals surface area contributed by atoms with Crippen LogP contribution in [0.25, 0.3) is 11.0 Å². The zero-order chi connectivity index (χ0) is 23.8. The van der Waals surface area contributed by atoms with Crippen LogP contribution >= 0.6 is 11.6 Å². The Morgan fingerprint density at radius 2 is 1.79 bits per heavy atom. The van der Waals surface area contributed by atoms with Crippen LogP contribution in [-0.4, -0.2) is 19.3 Å². The van der Waals surface area contributed by atoms with E-state index in [9.17, 15) is 18.0 Å². The van der Waals surface area contributed by atoms with Crippen LogP contribution in [0.3, 0.4) is 0 Å². The van der Waals surface area contributed by atoms with E-state index in [0.717, 1.165) is 35.1 Å². The number of hydrogen-bond donors (Lipinski definition) is 0. The van der Waals surface area contributed by atoms with Crippen LogP contribution in [0.15, 0.2) is 46.9 Å². The van der Waals surface area contributed by atoms with Gasteiger partial charge in [0.2, 0.25) is 0 Å². The van der Waals surface area contributed by atoms with Crippen molar-refractivity contribution in [2.75, 3.05) is 7.11 Å². The van der Waals surface area contributed by atoms with Gasteiger partial charge in [-0.3, -0.25) is 0 Å². The number of esters is 1. The van der Waals surface area contributed by atoms with Crippen molar-refractivity contribution in [1.29, 1.82) is 0 Å². The van der Waals surface area contributed by atoms with Crippen LogP contribution in [-0.2, 0) is 16.6 Å². The first kappa shape index (κ1) is 23.7. The fourth-order valence-corrected chi connectivity index (χ4v) is 5.30. The van der Waals surface area contributed by atoms with Crippen molar-refractivity contribution in [2.24, 2.45) is 5.92 Å². The number of rotatable bonds is 5. The van der Waals surface area contributed by atoms with Crippen molar-refractivity contribution in [3.05, 3.63) is 69.9 Å². The third kappa shape index (κ3) is 4.50. The molecule has 33 heavy (non-hydrogen) atoms. The summed E-state index contributed by atoms with van der Waals surface area (Å²) in [6.45, 7) is 2.06. The van der Waals surface area contributed by atoms with Crippen LogP contribution < -0.4 is 0 Å². The van der Waals surface area contributed by atoms with E-state index in [1.165, 1.54) is 7.11 Å². The van der Waals surface area contributed by atoms with Crippen molar-refractivity contribution in [2.45, 2.75) is 57.0 Å². The van der Waals surface area contributed by atoms with Gasteiger partial charge in [-0.05, 0) is 73.6 Å². The molecule has 7 heteroatoms. The topological polar surface area (TPSA) is 39.4 Å². The van der Waals surface area contributed by atoms with Gasteiger partial charge >= 0.3 is 12.1 Å². The molecule has 0 aliphatic heterocycles. The maximum atomic E-state index is 13.4. The van der Waals surface area contributed by atoms with E-state index in [1.807, 2.05) is 30.3 Å². The number of carbonyl (C=O) groups is 1. The number of fused-ring (bicyclic) bond motifs is 1. The van der Waals surface area contributed by atoms with Gasteiger partial charge in [0, 0.05) is 17.2 Å². The molecule has 2 aromatic carbocycles. The standard InChI is InChI=1S/C26H26ClF3O3/c1-3-4-21-14-17-13-20(15-22(27)23(17)33-21)25(11-9-19(10-12-25)26(28,29)30)18-7-5-16(6-8-18)24(31)32-2/h5-8,13-15,19H,3-4,9-12H2,1-2H3. The molecule has 3 nitrogen and oxygen atoms in total. The first-order valence-corrected chi connectivity index (χ1v) is 11.5. The summed E-state index contributed by atoms with van der Waals surface area (Å²) in [5.41, 5.74) is 2.09. The number of aryl methyl sites for hydroxylation is 1. The summed E-state index contributed by atoms with van der Waals surface area (Å²) in [4.78, 5) is 11.9. The highest BCUT2D eigenvalue weighted by molar-refractivity contribution is 6.35. The summed E-state index contributed by atoms with van der Waals surface area (Å²) in [5, 5.41) is 1.30. The van der Waals surface area contributed by atoms with Crippen molar-refractivity contribution >= 4 is 28.5 Å². The van der Waals surface area contributed by atoms with Crippen molar-refractivity contribution in [1.82, 2.24) is 0 Å². The van der Waals surface area contributed by atoms with Crippen LogP contribution in [0.2, 0.25) is 5.02 Å². The SMILES string of the molecule is CCCc1cc2cc(C3(c4ccc(C(=O)OC)cc4)CCC(C(F)(F)F)CC3)cc(Cl)c2o1. The van der Waals surface area contributed by atoms with E-state index < -0.39 is 23.5 Å². The molecule has 0 radical (unpaired) electrons. The number of hydrogen-bond acceptors (Lipinski definition) is 3. The van der Waals surface area contributed by atoms with Gasteiger partial charge < -0.3 is 9.15 Å². The van der Waals surface area contributed by atoms with E-state index >= 15 is 0 Å². The van der Waals surface area contributed by atoms with Gasteiger partial charge in [-0.25, -0.2) is 4.79 Å². The molecule has 1 fully saturated rings. The van der Waals surface area contributed by atoms with Crippen molar-refractivity contribution in [3.8, 4) is 0 Å². The maximum Gasteiger partial charge on any atom is 0.391 e. The lowest BCUT2D eigenvalue weighted by Gasteiger charge is -2.42. The molecule has 0 saturated heterocycles. The van der Waals surface area contributed by atoms with E-state index in [0.29, 0.717) is 29.0 Å². The molecule has 1 aromatic heterocycles. The summed E-state index contributed by atoms with van der Waals surface area (Å²) in [5.74, 6) is -0.934. The number of methoxy groups -OCH3 is 1. The summed E-state index contributed by atoms with van der Waals surface area (Å²) in [7, 11) is 1.31. The summed E-state index contributed by atoms with van der Waals surface area (Å²) < 4.78 is 51.0. The molecular weight excluding hydrogens is 453 g/mol. The average Bonchev–Trinajstić information content (AvgIpc) is 3.21. The second kappa shape index (κ2) is 9.05. The average molecular weight is 479 g/mol. The Morgan fingerprint density at radius 3 is 2.36 bits per heavy atom.